The van der Waals surface area contributed by atoms with Crippen molar-refractivity contribution in [3.05, 3.63) is 83.9 Å². The first kappa shape index (κ1) is 24.3. The maximum atomic E-state index is 12.6. The molecular formula is C26H27ClN2O4. The van der Waals surface area contributed by atoms with Crippen molar-refractivity contribution < 1.29 is 19.4 Å². The third kappa shape index (κ3) is 5.72. The van der Waals surface area contributed by atoms with Gasteiger partial charge in [-0.1, -0.05) is 60.7 Å². The van der Waals surface area contributed by atoms with Crippen molar-refractivity contribution >= 4 is 30.0 Å². The molecule has 0 spiro atoms. The van der Waals surface area contributed by atoms with Gasteiger partial charge in [0.15, 0.2) is 0 Å². The molecule has 1 unspecified atom stereocenters. The molecule has 1 heterocycles. The number of carbonyl (C=O) groups excluding carboxylic acids is 1. The summed E-state index contributed by atoms with van der Waals surface area (Å²) in [6.07, 6.45) is 1.04. The van der Waals surface area contributed by atoms with E-state index in [0.29, 0.717) is 19.6 Å². The molecule has 33 heavy (non-hydrogen) atoms. The van der Waals surface area contributed by atoms with Crippen molar-refractivity contribution in [2.75, 3.05) is 18.1 Å². The fourth-order valence-corrected chi connectivity index (χ4v) is 4.02. The van der Waals surface area contributed by atoms with E-state index < -0.39 is 12.0 Å². The monoisotopic (exact) mass is 466 g/mol. The van der Waals surface area contributed by atoms with Crippen LogP contribution in [0.1, 0.15) is 17.5 Å². The zero-order chi connectivity index (χ0) is 22.5. The van der Waals surface area contributed by atoms with Crippen LogP contribution in [0, 0.1) is 0 Å². The average molecular weight is 467 g/mol. The van der Waals surface area contributed by atoms with Crippen molar-refractivity contribution in [2.24, 2.45) is 5.73 Å². The van der Waals surface area contributed by atoms with E-state index in [1.165, 1.54) is 16.7 Å². The van der Waals surface area contributed by atoms with Crippen LogP contribution in [0.4, 0.5) is 5.69 Å². The molecule has 3 aromatic carbocycles. The number of ether oxygens (including phenoxy) is 1. The summed E-state index contributed by atoms with van der Waals surface area (Å²) in [4.78, 5) is 25.0. The number of aliphatic carboxylic acids is 1. The second-order valence-corrected chi connectivity index (χ2v) is 7.86. The highest BCUT2D eigenvalue weighted by Crippen LogP contribution is 2.35. The van der Waals surface area contributed by atoms with E-state index in [9.17, 15) is 9.59 Å². The van der Waals surface area contributed by atoms with Crippen LogP contribution in [0.25, 0.3) is 11.1 Å². The van der Waals surface area contributed by atoms with Crippen LogP contribution in [0.5, 0.6) is 5.75 Å². The molecule has 0 saturated heterocycles. The number of benzene rings is 3. The Kier molecular flexibility index (Phi) is 8.09. The number of halogens is 1. The van der Waals surface area contributed by atoms with Crippen LogP contribution in [0.15, 0.2) is 72.8 Å². The second kappa shape index (κ2) is 11.0. The van der Waals surface area contributed by atoms with Crippen LogP contribution in [0.3, 0.4) is 0 Å². The fourth-order valence-electron chi connectivity index (χ4n) is 4.02. The number of hydrogen-bond donors (Lipinski definition) is 2. The molecule has 0 saturated carbocycles. The van der Waals surface area contributed by atoms with E-state index in [2.05, 4.69) is 36.4 Å². The van der Waals surface area contributed by atoms with Gasteiger partial charge in [0.25, 0.3) is 0 Å². The number of rotatable bonds is 8. The topological polar surface area (TPSA) is 92.9 Å². The van der Waals surface area contributed by atoms with Gasteiger partial charge in [0.2, 0.25) is 5.91 Å². The summed E-state index contributed by atoms with van der Waals surface area (Å²) in [5, 5.41) is 8.91. The Morgan fingerprint density at radius 1 is 0.970 bits per heavy atom. The first-order chi connectivity index (χ1) is 15.5. The summed E-state index contributed by atoms with van der Waals surface area (Å²) in [6.45, 7) is 0.996. The Morgan fingerprint density at radius 3 is 2.36 bits per heavy atom. The van der Waals surface area contributed by atoms with Gasteiger partial charge in [0.05, 0.1) is 24.8 Å². The van der Waals surface area contributed by atoms with E-state index in [4.69, 9.17) is 15.6 Å². The normalized spacial score (nSPS) is 13.1. The highest BCUT2D eigenvalue weighted by atomic mass is 35.5. The maximum Gasteiger partial charge on any atom is 0.305 e. The fraction of sp³-hybridized carbons (Fsp3) is 0.231. The molecule has 0 radical (unpaired) electrons. The van der Waals surface area contributed by atoms with Crippen molar-refractivity contribution in [2.45, 2.75) is 25.3 Å². The first-order valence-electron chi connectivity index (χ1n) is 10.7. The number of nitrogens with zero attached hydrogens (tertiary/aromatic N) is 1. The van der Waals surface area contributed by atoms with E-state index in [1.807, 2.05) is 36.4 Å². The quantitative estimate of drug-likeness (QED) is 0.521. The molecule has 1 amide bonds. The highest BCUT2D eigenvalue weighted by Gasteiger charge is 2.31. The summed E-state index contributed by atoms with van der Waals surface area (Å²) in [5.41, 5.74) is 11.1. The molecule has 7 heteroatoms. The lowest BCUT2D eigenvalue weighted by molar-refractivity contribution is -0.139. The van der Waals surface area contributed by atoms with E-state index in [1.54, 1.807) is 4.90 Å². The summed E-state index contributed by atoms with van der Waals surface area (Å²) < 4.78 is 6.06. The van der Waals surface area contributed by atoms with Crippen LogP contribution in [-0.4, -0.2) is 36.2 Å². The lowest BCUT2D eigenvalue weighted by Crippen LogP contribution is -2.44. The van der Waals surface area contributed by atoms with E-state index in [0.717, 1.165) is 23.4 Å². The van der Waals surface area contributed by atoms with Crippen molar-refractivity contribution in [3.63, 3.8) is 0 Å². The molecule has 1 atom stereocenters. The van der Waals surface area contributed by atoms with Crippen LogP contribution in [-0.2, 0) is 22.4 Å². The zero-order valence-corrected chi connectivity index (χ0v) is 19.0. The molecule has 0 bridgehead atoms. The van der Waals surface area contributed by atoms with Crippen molar-refractivity contribution in [3.8, 4) is 16.9 Å². The Hall–Kier alpha value is -3.35. The molecule has 1 aliphatic heterocycles. The van der Waals surface area contributed by atoms with Crippen LogP contribution < -0.4 is 15.4 Å². The van der Waals surface area contributed by atoms with Gasteiger partial charge in [-0.15, -0.1) is 12.4 Å². The predicted molar refractivity (Wildman–Crippen MR) is 131 cm³/mol. The van der Waals surface area contributed by atoms with Gasteiger partial charge in [-0.25, -0.2) is 0 Å². The van der Waals surface area contributed by atoms with Gasteiger partial charge in [-0.2, -0.15) is 0 Å². The van der Waals surface area contributed by atoms with Gasteiger partial charge in [-0.3, -0.25) is 9.59 Å². The minimum Gasteiger partial charge on any atom is -0.493 e. The van der Waals surface area contributed by atoms with E-state index in [-0.39, 0.29) is 24.7 Å². The molecule has 0 aliphatic carbocycles. The molecule has 3 N–H and O–H groups in total. The Morgan fingerprint density at radius 2 is 1.67 bits per heavy atom. The standard InChI is InChI=1S/C26H26N2O4.ClH/c27-22(17-25(29)30)26(31)28-15-13-21-23(28)7-4-8-24(21)32-16-14-18-9-11-20(12-10-18)19-5-2-1-3-6-19;/h1-12,22H,13-17,27H2,(H,29,30);1H. The van der Waals surface area contributed by atoms with Crippen molar-refractivity contribution in [1.29, 1.82) is 0 Å². The third-order valence-corrected chi connectivity index (χ3v) is 5.67. The minimum atomic E-state index is -1.08. The Balaban J connectivity index is 0.00000306. The maximum absolute atomic E-state index is 12.6. The number of fused-ring (bicyclic) bond motifs is 1. The number of hydrogen-bond acceptors (Lipinski definition) is 4. The largest absolute Gasteiger partial charge is 0.493 e. The smallest absolute Gasteiger partial charge is 0.305 e. The first-order valence-corrected chi connectivity index (χ1v) is 10.7. The zero-order valence-electron chi connectivity index (χ0n) is 18.1. The number of nitrogens with two attached hydrogens (primary N) is 1. The predicted octanol–water partition coefficient (Wildman–Crippen LogP) is 4.09. The van der Waals surface area contributed by atoms with Gasteiger partial charge in [0, 0.05) is 18.5 Å². The summed E-state index contributed by atoms with van der Waals surface area (Å²) >= 11 is 0. The molecule has 4 rings (SSSR count). The Labute approximate surface area is 199 Å². The summed E-state index contributed by atoms with van der Waals surface area (Å²) in [5.74, 6) is -0.702. The second-order valence-electron chi connectivity index (χ2n) is 7.86. The van der Waals surface area contributed by atoms with E-state index >= 15 is 0 Å². The molecule has 172 valence electrons. The lowest BCUT2D eigenvalue weighted by atomic mass is 10.0. The highest BCUT2D eigenvalue weighted by molar-refractivity contribution is 6.00. The minimum absolute atomic E-state index is 0. The molecule has 0 aromatic heterocycles. The third-order valence-electron chi connectivity index (χ3n) is 5.67. The van der Waals surface area contributed by atoms with Gasteiger partial charge in [0.1, 0.15) is 5.75 Å². The number of carboxylic acid groups (broad SMARTS) is 1. The lowest BCUT2D eigenvalue weighted by Gasteiger charge is -2.21. The van der Waals surface area contributed by atoms with Gasteiger partial charge in [-0.05, 0) is 35.2 Å². The Bertz CT molecular complexity index is 1100. The van der Waals surface area contributed by atoms with Gasteiger partial charge < -0.3 is 20.5 Å². The van der Waals surface area contributed by atoms with Gasteiger partial charge >= 0.3 is 5.97 Å². The SMILES string of the molecule is Cl.NC(CC(=O)O)C(=O)N1CCc2c(OCCc3ccc(-c4ccccc4)cc3)cccc21. The summed E-state index contributed by atoms with van der Waals surface area (Å²) in [7, 11) is 0. The molecule has 1 aliphatic rings. The number of amides is 1. The number of carbonyl (C=O) groups is 2. The van der Waals surface area contributed by atoms with Crippen molar-refractivity contribution in [1.82, 2.24) is 0 Å². The average Bonchev–Trinajstić information content (AvgIpc) is 3.24. The molecule has 6 nitrogen and oxygen atoms in total. The summed E-state index contributed by atoms with van der Waals surface area (Å²) in [6, 6.07) is 23.3. The van der Waals surface area contributed by atoms with Crippen LogP contribution in [0.2, 0.25) is 0 Å². The number of carboxylic acids is 1. The molecule has 0 fully saturated rings. The molecular weight excluding hydrogens is 440 g/mol. The molecule has 3 aromatic rings. The number of anilines is 1. The van der Waals surface area contributed by atoms with Crippen LogP contribution >= 0.6 is 12.4 Å².